The third-order valence-electron chi connectivity index (χ3n) is 3.45. The zero-order valence-electron chi connectivity index (χ0n) is 14.1. The first kappa shape index (κ1) is 17.6. The quantitative estimate of drug-likeness (QED) is 0.667. The third kappa shape index (κ3) is 4.05. The molecule has 0 aliphatic rings. The maximum Gasteiger partial charge on any atom is 0.239 e. The molecular weight excluding hydrogens is 356 g/mol. The Morgan fingerprint density at radius 3 is 2.92 bits per heavy atom. The van der Waals surface area contributed by atoms with E-state index in [1.54, 1.807) is 12.4 Å². The molecule has 0 saturated heterocycles. The Morgan fingerprint density at radius 2 is 2.28 bits per heavy atom. The highest BCUT2D eigenvalue weighted by Gasteiger charge is 2.21. The SMILES string of the molecule is CCn1c(S[C@H](C)C(=O)Nc2nc(C)cs2)nnc1-c1cccnc1. The smallest absolute Gasteiger partial charge is 0.239 e. The van der Waals surface area contributed by atoms with E-state index in [2.05, 4.69) is 25.5 Å². The van der Waals surface area contributed by atoms with Crippen molar-refractivity contribution in [3.63, 3.8) is 0 Å². The molecule has 0 aliphatic carbocycles. The van der Waals surface area contributed by atoms with Crippen LogP contribution in [0.1, 0.15) is 19.5 Å². The highest BCUT2D eigenvalue weighted by molar-refractivity contribution is 8.00. The Bertz CT molecular complexity index is 861. The summed E-state index contributed by atoms with van der Waals surface area (Å²) in [4.78, 5) is 20.8. The summed E-state index contributed by atoms with van der Waals surface area (Å²) in [6, 6.07) is 3.81. The molecule has 0 unspecified atom stereocenters. The van der Waals surface area contributed by atoms with Gasteiger partial charge in [-0.1, -0.05) is 11.8 Å². The van der Waals surface area contributed by atoms with Crippen LogP contribution in [-0.2, 0) is 11.3 Å². The fourth-order valence-corrected chi connectivity index (χ4v) is 3.80. The maximum atomic E-state index is 12.4. The summed E-state index contributed by atoms with van der Waals surface area (Å²) in [5.41, 5.74) is 1.80. The van der Waals surface area contributed by atoms with Crippen LogP contribution in [0.5, 0.6) is 0 Å². The Balaban J connectivity index is 1.74. The fraction of sp³-hybridized carbons (Fsp3) is 0.312. The molecule has 1 N–H and O–H groups in total. The second-order valence-corrected chi connectivity index (χ2v) is 7.50. The van der Waals surface area contributed by atoms with Crippen molar-refractivity contribution in [3.05, 3.63) is 35.6 Å². The van der Waals surface area contributed by atoms with Gasteiger partial charge in [0.15, 0.2) is 16.1 Å². The van der Waals surface area contributed by atoms with Crippen molar-refractivity contribution in [2.24, 2.45) is 0 Å². The number of hydrogen-bond acceptors (Lipinski definition) is 7. The number of thioether (sulfide) groups is 1. The summed E-state index contributed by atoms with van der Waals surface area (Å²) in [5.74, 6) is 0.647. The Hall–Kier alpha value is -2.26. The molecule has 0 aliphatic heterocycles. The molecule has 3 aromatic heterocycles. The van der Waals surface area contributed by atoms with Crippen LogP contribution >= 0.6 is 23.1 Å². The standard InChI is InChI=1S/C16H18N6OS2/c1-4-22-13(12-6-5-7-17-8-12)20-21-16(22)25-11(3)14(23)19-15-18-10(2)9-24-15/h5-9,11H,4H2,1-3H3,(H,18,19,23)/t11-/m1/s1. The first-order valence-corrected chi connectivity index (χ1v) is 9.57. The van der Waals surface area contributed by atoms with Gasteiger partial charge in [-0.25, -0.2) is 4.98 Å². The van der Waals surface area contributed by atoms with Crippen LogP contribution in [0.3, 0.4) is 0 Å². The van der Waals surface area contributed by atoms with Crippen molar-refractivity contribution in [3.8, 4) is 11.4 Å². The predicted molar refractivity (Wildman–Crippen MR) is 99.7 cm³/mol. The summed E-state index contributed by atoms with van der Waals surface area (Å²) in [5, 5.41) is 14.3. The van der Waals surface area contributed by atoms with E-state index in [0.29, 0.717) is 16.8 Å². The molecular formula is C16H18N6OS2. The van der Waals surface area contributed by atoms with Crippen LogP contribution in [0.2, 0.25) is 0 Å². The van der Waals surface area contributed by atoms with Crippen molar-refractivity contribution >= 4 is 34.1 Å². The average Bonchev–Trinajstić information content (AvgIpc) is 3.21. The molecule has 130 valence electrons. The molecule has 0 radical (unpaired) electrons. The van der Waals surface area contributed by atoms with Crippen LogP contribution in [0, 0.1) is 6.92 Å². The second kappa shape index (κ2) is 7.75. The van der Waals surface area contributed by atoms with Gasteiger partial charge in [-0.2, -0.15) is 0 Å². The van der Waals surface area contributed by atoms with Gasteiger partial charge < -0.3 is 9.88 Å². The number of nitrogens with one attached hydrogen (secondary N) is 1. The molecule has 3 aromatic rings. The van der Waals surface area contributed by atoms with Gasteiger partial charge in [0.2, 0.25) is 5.91 Å². The Labute approximate surface area is 153 Å². The van der Waals surface area contributed by atoms with Gasteiger partial charge in [0, 0.05) is 29.9 Å². The van der Waals surface area contributed by atoms with Crippen molar-refractivity contribution in [1.82, 2.24) is 24.7 Å². The molecule has 9 heteroatoms. The van der Waals surface area contributed by atoms with Gasteiger partial charge in [0.05, 0.1) is 10.9 Å². The number of aryl methyl sites for hydroxylation is 1. The fourth-order valence-electron chi connectivity index (χ4n) is 2.20. The molecule has 0 bridgehead atoms. The van der Waals surface area contributed by atoms with E-state index in [1.807, 2.05) is 42.9 Å². The lowest BCUT2D eigenvalue weighted by molar-refractivity contribution is -0.115. The second-order valence-electron chi connectivity index (χ2n) is 5.34. The molecule has 0 fully saturated rings. The van der Waals surface area contributed by atoms with Crippen LogP contribution in [0.25, 0.3) is 11.4 Å². The van der Waals surface area contributed by atoms with E-state index in [4.69, 9.17) is 0 Å². The van der Waals surface area contributed by atoms with E-state index in [-0.39, 0.29) is 11.2 Å². The number of carbonyl (C=O) groups is 1. The number of thiazole rings is 1. The summed E-state index contributed by atoms with van der Waals surface area (Å²) in [6.45, 7) is 6.48. The third-order valence-corrected chi connectivity index (χ3v) is 5.41. The zero-order valence-corrected chi connectivity index (χ0v) is 15.8. The molecule has 3 heterocycles. The molecule has 7 nitrogen and oxygen atoms in total. The lowest BCUT2D eigenvalue weighted by atomic mass is 10.3. The van der Waals surface area contributed by atoms with E-state index < -0.39 is 0 Å². The highest BCUT2D eigenvalue weighted by Crippen LogP contribution is 2.27. The minimum Gasteiger partial charge on any atom is -0.302 e. The number of aromatic nitrogens is 5. The van der Waals surface area contributed by atoms with Crippen molar-refractivity contribution in [1.29, 1.82) is 0 Å². The Morgan fingerprint density at radius 1 is 1.44 bits per heavy atom. The van der Waals surface area contributed by atoms with E-state index in [9.17, 15) is 4.79 Å². The van der Waals surface area contributed by atoms with Crippen LogP contribution in [0.15, 0.2) is 35.1 Å². The van der Waals surface area contributed by atoms with Gasteiger partial charge in [0.25, 0.3) is 0 Å². The monoisotopic (exact) mass is 374 g/mol. The number of amides is 1. The number of hydrogen-bond donors (Lipinski definition) is 1. The summed E-state index contributed by atoms with van der Waals surface area (Å²) >= 11 is 2.80. The summed E-state index contributed by atoms with van der Waals surface area (Å²) < 4.78 is 1.99. The predicted octanol–water partition coefficient (Wildman–Crippen LogP) is 3.24. The molecule has 3 rings (SSSR count). The van der Waals surface area contributed by atoms with Gasteiger partial charge >= 0.3 is 0 Å². The topological polar surface area (TPSA) is 85.6 Å². The van der Waals surface area contributed by atoms with Crippen LogP contribution < -0.4 is 5.32 Å². The molecule has 0 spiro atoms. The van der Waals surface area contributed by atoms with Crippen LogP contribution in [-0.4, -0.2) is 35.9 Å². The molecule has 1 amide bonds. The van der Waals surface area contributed by atoms with Gasteiger partial charge in [0.1, 0.15) is 0 Å². The van der Waals surface area contributed by atoms with Crippen molar-refractivity contribution in [2.75, 3.05) is 5.32 Å². The first-order valence-electron chi connectivity index (χ1n) is 7.81. The highest BCUT2D eigenvalue weighted by atomic mass is 32.2. The summed E-state index contributed by atoms with van der Waals surface area (Å²) in [7, 11) is 0. The number of pyridine rings is 1. The van der Waals surface area contributed by atoms with Gasteiger partial charge in [-0.3, -0.25) is 9.78 Å². The largest absolute Gasteiger partial charge is 0.302 e. The van der Waals surface area contributed by atoms with E-state index in [1.165, 1.54) is 23.1 Å². The molecule has 25 heavy (non-hydrogen) atoms. The molecule has 0 aromatic carbocycles. The van der Waals surface area contributed by atoms with Crippen molar-refractivity contribution in [2.45, 2.75) is 37.7 Å². The van der Waals surface area contributed by atoms with E-state index in [0.717, 1.165) is 17.1 Å². The normalized spacial score (nSPS) is 12.1. The average molecular weight is 374 g/mol. The zero-order chi connectivity index (χ0) is 17.8. The number of carbonyl (C=O) groups excluding carboxylic acids is 1. The van der Waals surface area contributed by atoms with Crippen molar-refractivity contribution < 1.29 is 4.79 Å². The molecule has 1 atom stereocenters. The Kier molecular flexibility index (Phi) is 5.44. The van der Waals surface area contributed by atoms with E-state index >= 15 is 0 Å². The minimum atomic E-state index is -0.319. The van der Waals surface area contributed by atoms with Crippen LogP contribution in [0.4, 0.5) is 5.13 Å². The number of anilines is 1. The molecule has 0 saturated carbocycles. The maximum absolute atomic E-state index is 12.4. The first-order chi connectivity index (χ1) is 12.1. The lowest BCUT2D eigenvalue weighted by Crippen LogP contribution is -2.22. The number of rotatable bonds is 6. The van der Waals surface area contributed by atoms with Gasteiger partial charge in [-0.05, 0) is 32.9 Å². The number of nitrogens with zero attached hydrogens (tertiary/aromatic N) is 5. The summed E-state index contributed by atoms with van der Waals surface area (Å²) in [6.07, 6.45) is 3.48. The lowest BCUT2D eigenvalue weighted by Gasteiger charge is -2.11. The minimum absolute atomic E-state index is 0.104. The van der Waals surface area contributed by atoms with Gasteiger partial charge in [-0.15, -0.1) is 21.5 Å².